The molecule has 8 nitrogen and oxygen atoms in total. The Bertz CT molecular complexity index is 912. The summed E-state index contributed by atoms with van der Waals surface area (Å²) in [6.07, 6.45) is 0. The van der Waals surface area contributed by atoms with Crippen molar-refractivity contribution in [2.75, 3.05) is 46.9 Å². The number of thiophene rings is 1. The van der Waals surface area contributed by atoms with E-state index in [0.29, 0.717) is 48.1 Å². The molecule has 0 radical (unpaired) electrons. The number of hydrogen-bond donors (Lipinski definition) is 1. The fraction of sp³-hybridized carbons (Fsp3) is 0.381. The molecule has 0 spiro atoms. The van der Waals surface area contributed by atoms with Gasteiger partial charge in [0.2, 0.25) is 5.91 Å². The Kier molecular flexibility index (Phi) is 6.94. The van der Waals surface area contributed by atoms with Crippen molar-refractivity contribution in [2.24, 2.45) is 0 Å². The van der Waals surface area contributed by atoms with E-state index in [-0.39, 0.29) is 24.3 Å². The Morgan fingerprint density at radius 2 is 1.57 bits per heavy atom. The first-order valence-electron chi connectivity index (χ1n) is 9.56. The normalized spacial score (nSPS) is 13.7. The van der Waals surface area contributed by atoms with Gasteiger partial charge in [-0.3, -0.25) is 14.4 Å². The van der Waals surface area contributed by atoms with E-state index in [0.717, 1.165) is 4.88 Å². The molecule has 0 atom stereocenters. The van der Waals surface area contributed by atoms with E-state index >= 15 is 0 Å². The number of methoxy groups -OCH3 is 2. The number of carbonyl (C=O) groups excluding carboxylic acids is 3. The van der Waals surface area contributed by atoms with Crippen molar-refractivity contribution in [3.05, 3.63) is 45.6 Å². The van der Waals surface area contributed by atoms with Gasteiger partial charge in [-0.2, -0.15) is 0 Å². The first-order valence-corrected chi connectivity index (χ1v) is 10.4. The van der Waals surface area contributed by atoms with Crippen LogP contribution in [0, 0.1) is 6.92 Å². The number of carbonyl (C=O) groups is 3. The maximum Gasteiger partial charge on any atom is 0.261 e. The first kappa shape index (κ1) is 21.6. The Balaban J connectivity index is 1.52. The molecule has 1 N–H and O–H groups in total. The topological polar surface area (TPSA) is 88.2 Å². The monoisotopic (exact) mass is 431 g/mol. The van der Waals surface area contributed by atoms with Crippen LogP contribution in [0.4, 0.5) is 0 Å². The fourth-order valence-electron chi connectivity index (χ4n) is 3.18. The lowest BCUT2D eigenvalue weighted by atomic mass is 10.1. The average Bonchev–Trinajstić information content (AvgIpc) is 3.22. The maximum atomic E-state index is 12.8. The van der Waals surface area contributed by atoms with Crippen LogP contribution < -0.4 is 14.8 Å². The van der Waals surface area contributed by atoms with Gasteiger partial charge in [-0.1, -0.05) is 0 Å². The molecular weight excluding hydrogens is 406 g/mol. The van der Waals surface area contributed by atoms with Crippen LogP contribution in [0.2, 0.25) is 0 Å². The van der Waals surface area contributed by atoms with E-state index in [2.05, 4.69) is 5.32 Å². The fourth-order valence-corrected chi connectivity index (χ4v) is 3.97. The Morgan fingerprint density at radius 3 is 2.10 bits per heavy atom. The molecule has 2 heterocycles. The van der Waals surface area contributed by atoms with Crippen LogP contribution in [-0.4, -0.2) is 74.5 Å². The molecule has 1 saturated heterocycles. The molecule has 3 rings (SSSR count). The van der Waals surface area contributed by atoms with Crippen LogP contribution in [0.3, 0.4) is 0 Å². The molecule has 1 fully saturated rings. The molecule has 1 aliphatic rings. The zero-order chi connectivity index (χ0) is 21.7. The molecule has 30 heavy (non-hydrogen) atoms. The minimum atomic E-state index is -0.248. The third-order valence-electron chi connectivity index (χ3n) is 4.88. The molecular formula is C21H25N3O5S. The smallest absolute Gasteiger partial charge is 0.261 e. The number of nitrogens with one attached hydrogen (secondary N) is 1. The van der Waals surface area contributed by atoms with E-state index in [1.807, 2.05) is 13.0 Å². The van der Waals surface area contributed by atoms with Crippen molar-refractivity contribution in [1.29, 1.82) is 0 Å². The molecule has 9 heteroatoms. The van der Waals surface area contributed by atoms with Gasteiger partial charge in [0.1, 0.15) is 11.5 Å². The molecule has 0 aliphatic carbocycles. The lowest BCUT2D eigenvalue weighted by Crippen LogP contribution is -2.52. The van der Waals surface area contributed by atoms with E-state index in [4.69, 9.17) is 9.47 Å². The zero-order valence-corrected chi connectivity index (χ0v) is 18.1. The summed E-state index contributed by atoms with van der Waals surface area (Å²) < 4.78 is 10.5. The quantitative estimate of drug-likeness (QED) is 0.753. The largest absolute Gasteiger partial charge is 0.497 e. The van der Waals surface area contributed by atoms with Gasteiger partial charge >= 0.3 is 0 Å². The van der Waals surface area contributed by atoms with Crippen molar-refractivity contribution in [3.63, 3.8) is 0 Å². The van der Waals surface area contributed by atoms with Crippen molar-refractivity contribution >= 4 is 29.1 Å². The van der Waals surface area contributed by atoms with Crippen molar-refractivity contribution in [3.8, 4) is 11.5 Å². The SMILES string of the molecule is COc1cc(OC)cc(C(=O)N2CCN(C(=O)CNC(=O)c3ccc(C)s3)CC2)c1. The van der Waals surface area contributed by atoms with Crippen LogP contribution in [0.15, 0.2) is 30.3 Å². The molecule has 0 saturated carbocycles. The predicted molar refractivity (Wildman–Crippen MR) is 113 cm³/mol. The number of benzene rings is 1. The van der Waals surface area contributed by atoms with Crippen LogP contribution in [-0.2, 0) is 4.79 Å². The summed E-state index contributed by atoms with van der Waals surface area (Å²) in [5.41, 5.74) is 0.476. The van der Waals surface area contributed by atoms with Gasteiger partial charge in [-0.15, -0.1) is 11.3 Å². The van der Waals surface area contributed by atoms with Gasteiger partial charge < -0.3 is 24.6 Å². The lowest BCUT2D eigenvalue weighted by molar-refractivity contribution is -0.131. The van der Waals surface area contributed by atoms with Crippen molar-refractivity contribution in [1.82, 2.24) is 15.1 Å². The highest BCUT2D eigenvalue weighted by Crippen LogP contribution is 2.24. The molecule has 1 aromatic carbocycles. The second kappa shape index (κ2) is 9.62. The summed E-state index contributed by atoms with van der Waals surface area (Å²) in [5.74, 6) is 0.543. The molecule has 0 unspecified atom stereocenters. The summed E-state index contributed by atoms with van der Waals surface area (Å²) in [7, 11) is 3.07. The van der Waals surface area contributed by atoms with E-state index < -0.39 is 0 Å². The lowest BCUT2D eigenvalue weighted by Gasteiger charge is -2.35. The van der Waals surface area contributed by atoms with Crippen molar-refractivity contribution < 1.29 is 23.9 Å². The maximum absolute atomic E-state index is 12.8. The Morgan fingerprint density at radius 1 is 0.967 bits per heavy atom. The molecule has 1 aromatic heterocycles. The van der Waals surface area contributed by atoms with Crippen molar-refractivity contribution in [2.45, 2.75) is 6.92 Å². The molecule has 3 amide bonds. The summed E-state index contributed by atoms with van der Waals surface area (Å²) >= 11 is 1.39. The average molecular weight is 432 g/mol. The summed E-state index contributed by atoms with van der Waals surface area (Å²) in [6, 6.07) is 8.67. The number of hydrogen-bond acceptors (Lipinski definition) is 6. The van der Waals surface area contributed by atoms with Gasteiger partial charge in [0.15, 0.2) is 0 Å². The minimum Gasteiger partial charge on any atom is -0.497 e. The third kappa shape index (κ3) is 5.10. The van der Waals surface area contributed by atoms with Crippen LogP contribution in [0.5, 0.6) is 11.5 Å². The van der Waals surface area contributed by atoms with Gasteiger partial charge in [0, 0.05) is 42.7 Å². The molecule has 2 aromatic rings. The second-order valence-electron chi connectivity index (χ2n) is 6.87. The minimum absolute atomic E-state index is 0.0587. The van der Waals surface area contributed by atoms with Gasteiger partial charge in [-0.05, 0) is 31.2 Å². The number of aryl methyl sites for hydroxylation is 1. The second-order valence-corrected chi connectivity index (χ2v) is 8.16. The number of rotatable bonds is 6. The Labute approximate surface area is 179 Å². The third-order valence-corrected chi connectivity index (χ3v) is 5.88. The summed E-state index contributed by atoms with van der Waals surface area (Å²) in [4.78, 5) is 42.4. The number of piperazine rings is 1. The molecule has 1 aliphatic heterocycles. The molecule has 160 valence electrons. The zero-order valence-electron chi connectivity index (χ0n) is 17.3. The Hall–Kier alpha value is -3.07. The highest BCUT2D eigenvalue weighted by molar-refractivity contribution is 7.13. The summed E-state index contributed by atoms with van der Waals surface area (Å²) in [5, 5.41) is 2.67. The number of amides is 3. The van der Waals surface area contributed by atoms with Crippen LogP contribution >= 0.6 is 11.3 Å². The first-order chi connectivity index (χ1) is 14.4. The van der Waals surface area contributed by atoms with Crippen LogP contribution in [0.1, 0.15) is 24.9 Å². The molecule has 0 bridgehead atoms. The van der Waals surface area contributed by atoms with E-state index in [1.54, 1.807) is 34.1 Å². The van der Waals surface area contributed by atoms with E-state index in [1.165, 1.54) is 25.6 Å². The summed E-state index contributed by atoms with van der Waals surface area (Å²) in [6.45, 7) is 3.54. The van der Waals surface area contributed by atoms with Gasteiger partial charge in [0.25, 0.3) is 11.8 Å². The van der Waals surface area contributed by atoms with E-state index in [9.17, 15) is 14.4 Å². The predicted octanol–water partition coefficient (Wildman–Crippen LogP) is 1.79. The van der Waals surface area contributed by atoms with Crippen LogP contribution in [0.25, 0.3) is 0 Å². The highest BCUT2D eigenvalue weighted by atomic mass is 32.1. The standard InChI is InChI=1S/C21H25N3O5S/c1-14-4-5-18(30-14)20(26)22-13-19(25)23-6-8-24(9-7-23)21(27)15-10-16(28-2)12-17(11-15)29-3/h4-5,10-12H,6-9,13H2,1-3H3,(H,22,26). The van der Waals surface area contributed by atoms with Gasteiger partial charge in [0.05, 0.1) is 25.6 Å². The highest BCUT2D eigenvalue weighted by Gasteiger charge is 2.25. The number of nitrogens with zero attached hydrogens (tertiary/aromatic N) is 2. The van der Waals surface area contributed by atoms with Gasteiger partial charge in [-0.25, -0.2) is 0 Å². The number of ether oxygens (including phenoxy) is 2.